The molecule has 0 aliphatic carbocycles. The normalized spacial score (nSPS) is 15.2. The molecule has 9 heteroatoms. The molecule has 0 atom stereocenters. The number of thiazole rings is 1. The summed E-state index contributed by atoms with van der Waals surface area (Å²) in [6, 6.07) is 12.0. The van der Waals surface area contributed by atoms with Gasteiger partial charge in [0.2, 0.25) is 0 Å². The molecule has 164 valence electrons. The maximum atomic E-state index is 12.9. The largest absolute Gasteiger partial charge is 0.497 e. The first-order valence-electron chi connectivity index (χ1n) is 10.1. The van der Waals surface area contributed by atoms with Crippen molar-refractivity contribution in [1.29, 1.82) is 0 Å². The highest BCUT2D eigenvalue weighted by Crippen LogP contribution is 2.32. The summed E-state index contributed by atoms with van der Waals surface area (Å²) in [5, 5.41) is 0.616. The number of likely N-dealkylation sites (tertiary alicyclic amines) is 1. The van der Waals surface area contributed by atoms with Crippen molar-refractivity contribution >= 4 is 37.3 Å². The maximum absolute atomic E-state index is 12.9. The summed E-state index contributed by atoms with van der Waals surface area (Å²) >= 11 is 1.49. The lowest BCUT2D eigenvalue weighted by Gasteiger charge is -2.31. The monoisotopic (exact) mass is 460 g/mol. The van der Waals surface area contributed by atoms with E-state index in [1.807, 2.05) is 18.2 Å². The molecule has 1 saturated heterocycles. The van der Waals surface area contributed by atoms with Crippen LogP contribution in [-0.2, 0) is 9.84 Å². The van der Waals surface area contributed by atoms with Crippen LogP contribution in [0, 0.1) is 0 Å². The Balaban J connectivity index is 1.38. The van der Waals surface area contributed by atoms with Gasteiger partial charge in [0.05, 0.1) is 28.0 Å². The van der Waals surface area contributed by atoms with Gasteiger partial charge in [-0.1, -0.05) is 24.3 Å². The van der Waals surface area contributed by atoms with Crippen LogP contribution in [0.15, 0.2) is 47.4 Å². The summed E-state index contributed by atoms with van der Waals surface area (Å²) in [7, 11) is -1.72. The van der Waals surface area contributed by atoms with E-state index in [1.54, 1.807) is 31.1 Å². The van der Waals surface area contributed by atoms with Crippen molar-refractivity contribution in [1.82, 2.24) is 9.88 Å². The molecule has 0 radical (unpaired) electrons. The second-order valence-electron chi connectivity index (χ2n) is 7.35. The Kier molecular flexibility index (Phi) is 6.15. The van der Waals surface area contributed by atoms with E-state index in [-0.39, 0.29) is 22.7 Å². The minimum absolute atomic E-state index is 0.00588. The molecule has 3 aromatic rings. The number of benzene rings is 2. The van der Waals surface area contributed by atoms with Crippen molar-refractivity contribution in [2.45, 2.75) is 30.8 Å². The van der Waals surface area contributed by atoms with E-state index in [0.717, 1.165) is 16.0 Å². The molecule has 0 N–H and O–H groups in total. The molecule has 1 aromatic heterocycles. The smallest absolute Gasteiger partial charge is 0.274 e. The molecule has 7 nitrogen and oxygen atoms in total. The Labute approximate surface area is 185 Å². The Bertz CT molecular complexity index is 1200. The topological polar surface area (TPSA) is 85.8 Å². The molecule has 0 saturated carbocycles. The molecule has 4 rings (SSSR count). The van der Waals surface area contributed by atoms with Crippen molar-refractivity contribution in [2.75, 3.05) is 26.0 Å². The Morgan fingerprint density at radius 2 is 1.97 bits per heavy atom. The summed E-state index contributed by atoms with van der Waals surface area (Å²) in [6.07, 6.45) is 1.37. The maximum Gasteiger partial charge on any atom is 0.274 e. The average molecular weight is 461 g/mol. The van der Waals surface area contributed by atoms with Crippen molar-refractivity contribution in [3.63, 3.8) is 0 Å². The van der Waals surface area contributed by atoms with Gasteiger partial charge in [0.25, 0.3) is 11.1 Å². The fourth-order valence-corrected chi connectivity index (χ4v) is 5.34. The van der Waals surface area contributed by atoms with Gasteiger partial charge in [-0.25, -0.2) is 13.4 Å². The first kappa shape index (κ1) is 21.6. The van der Waals surface area contributed by atoms with Crippen molar-refractivity contribution in [3.05, 3.63) is 48.0 Å². The number of aromatic nitrogens is 1. The van der Waals surface area contributed by atoms with Gasteiger partial charge in [-0.2, -0.15) is 0 Å². The van der Waals surface area contributed by atoms with E-state index in [9.17, 15) is 13.2 Å². The van der Waals surface area contributed by atoms with Gasteiger partial charge >= 0.3 is 0 Å². The average Bonchev–Trinajstić information content (AvgIpc) is 3.20. The summed E-state index contributed by atoms with van der Waals surface area (Å²) in [5.74, 6) is 0.608. The number of carbonyl (C=O) groups excluding carboxylic acids is 1. The van der Waals surface area contributed by atoms with Gasteiger partial charge < -0.3 is 14.4 Å². The van der Waals surface area contributed by atoms with E-state index in [2.05, 4.69) is 4.98 Å². The molecule has 1 aliphatic heterocycles. The van der Waals surface area contributed by atoms with E-state index in [4.69, 9.17) is 9.47 Å². The number of fused-ring (bicyclic) bond motifs is 1. The van der Waals surface area contributed by atoms with E-state index in [0.29, 0.717) is 36.7 Å². The first-order valence-corrected chi connectivity index (χ1v) is 12.6. The molecule has 2 aromatic carbocycles. The molecule has 0 unspecified atom stereocenters. The van der Waals surface area contributed by atoms with Crippen LogP contribution in [0.4, 0.5) is 0 Å². The second kappa shape index (κ2) is 8.84. The van der Waals surface area contributed by atoms with Crippen LogP contribution < -0.4 is 9.47 Å². The summed E-state index contributed by atoms with van der Waals surface area (Å²) in [6.45, 7) is 2.69. The number of amides is 1. The van der Waals surface area contributed by atoms with Gasteiger partial charge in [0.1, 0.15) is 11.9 Å². The van der Waals surface area contributed by atoms with Crippen LogP contribution in [-0.4, -0.2) is 56.3 Å². The van der Waals surface area contributed by atoms with E-state index < -0.39 is 9.84 Å². The number of sulfone groups is 1. The summed E-state index contributed by atoms with van der Waals surface area (Å²) < 4.78 is 36.6. The molecular weight excluding hydrogens is 436 g/mol. The molecule has 1 amide bonds. The highest BCUT2D eigenvalue weighted by Gasteiger charge is 2.26. The zero-order valence-corrected chi connectivity index (χ0v) is 19.0. The summed E-state index contributed by atoms with van der Waals surface area (Å²) in [4.78, 5) is 19.4. The third-order valence-corrected chi connectivity index (χ3v) is 8.05. The lowest BCUT2D eigenvalue weighted by atomic mass is 10.1. The molecular formula is C22H24N2O5S2. The lowest BCUT2D eigenvalue weighted by Crippen LogP contribution is -2.41. The van der Waals surface area contributed by atoms with Crippen LogP contribution >= 0.6 is 11.3 Å². The van der Waals surface area contributed by atoms with Crippen LogP contribution in [0.5, 0.6) is 10.9 Å². The van der Waals surface area contributed by atoms with Gasteiger partial charge in [-0.15, -0.1) is 0 Å². The summed E-state index contributed by atoms with van der Waals surface area (Å²) in [5.41, 5.74) is 1.24. The van der Waals surface area contributed by atoms with E-state index in [1.165, 1.54) is 23.5 Å². The molecule has 2 heterocycles. The number of methoxy groups -OCH3 is 1. The molecule has 1 aliphatic rings. The Morgan fingerprint density at radius 3 is 2.68 bits per heavy atom. The second-order valence-corrected chi connectivity index (χ2v) is 10.6. The van der Waals surface area contributed by atoms with Crippen LogP contribution in [0.3, 0.4) is 0 Å². The number of ether oxygens (including phenoxy) is 2. The number of hydrogen-bond acceptors (Lipinski definition) is 7. The van der Waals surface area contributed by atoms with Crippen LogP contribution in [0.1, 0.15) is 30.1 Å². The fourth-order valence-electron chi connectivity index (χ4n) is 3.55. The van der Waals surface area contributed by atoms with Crippen LogP contribution in [0.2, 0.25) is 0 Å². The zero-order chi connectivity index (χ0) is 22.0. The molecule has 0 spiro atoms. The number of rotatable bonds is 6. The van der Waals surface area contributed by atoms with Crippen LogP contribution in [0.25, 0.3) is 10.2 Å². The SMILES string of the molecule is CCS(=O)(=O)c1cccc(C(=O)N2CCC(Oc3nc4cc(OC)ccc4s3)CC2)c1. The van der Waals surface area contributed by atoms with E-state index >= 15 is 0 Å². The third-order valence-electron chi connectivity index (χ3n) is 5.39. The van der Waals surface area contributed by atoms with Gasteiger partial charge in [0, 0.05) is 37.6 Å². The lowest BCUT2D eigenvalue weighted by molar-refractivity contribution is 0.0595. The number of carbonyl (C=O) groups is 1. The van der Waals surface area contributed by atoms with Crippen molar-refractivity contribution in [3.8, 4) is 10.9 Å². The minimum atomic E-state index is -3.35. The Morgan fingerprint density at radius 1 is 1.19 bits per heavy atom. The zero-order valence-electron chi connectivity index (χ0n) is 17.4. The first-order chi connectivity index (χ1) is 14.9. The van der Waals surface area contributed by atoms with Gasteiger partial charge in [-0.3, -0.25) is 4.79 Å². The van der Waals surface area contributed by atoms with Gasteiger partial charge in [0.15, 0.2) is 9.84 Å². The Hall–Kier alpha value is -2.65. The number of hydrogen-bond donors (Lipinski definition) is 0. The molecule has 1 fully saturated rings. The predicted octanol–water partition coefficient (Wildman–Crippen LogP) is 3.78. The number of piperidine rings is 1. The standard InChI is InChI=1S/C22H24N2O5S2/c1-3-31(26,27)18-6-4-5-15(13-18)21(25)24-11-9-16(10-12-24)29-22-23-19-14-17(28-2)7-8-20(19)30-22/h4-8,13-14,16H,3,9-12H2,1-2H3. The minimum Gasteiger partial charge on any atom is -0.497 e. The molecule has 31 heavy (non-hydrogen) atoms. The van der Waals surface area contributed by atoms with Crippen molar-refractivity contribution < 1.29 is 22.7 Å². The highest BCUT2D eigenvalue weighted by atomic mass is 32.2. The highest BCUT2D eigenvalue weighted by molar-refractivity contribution is 7.91. The predicted molar refractivity (Wildman–Crippen MR) is 120 cm³/mol. The van der Waals surface area contributed by atoms with Crippen molar-refractivity contribution in [2.24, 2.45) is 0 Å². The fraction of sp³-hybridized carbons (Fsp3) is 0.364. The quantitative estimate of drug-likeness (QED) is 0.556. The molecule has 0 bridgehead atoms. The number of nitrogens with zero attached hydrogens (tertiary/aromatic N) is 2. The third kappa shape index (κ3) is 4.67. The van der Waals surface area contributed by atoms with Gasteiger partial charge in [-0.05, 0) is 30.3 Å².